The van der Waals surface area contributed by atoms with Gasteiger partial charge in [-0.15, -0.1) is 0 Å². The second-order valence-electron chi connectivity index (χ2n) is 4.86. The Bertz CT molecular complexity index is 1610. The first-order chi connectivity index (χ1) is 20.9. The SMILES string of the molecule is [2H]c1c([2H])c([2H])c2c(c1[2H])Sc1ccccc1N=C2N1C([2H])([2H])C([2H])([2H])N(C([2H])([2H])C([2H])([2H])OC([2H])([2H])C([2H])([2H])O)C([2H])([2H])C1([2H])[2H]. The molecular weight excluding hydrogens is 358 g/mol. The molecule has 5 nitrogen and oxygen atoms in total. The first-order valence-corrected chi connectivity index (χ1v) is 8.22. The molecule has 0 saturated carbocycles. The number of hydrogen-bond donors (Lipinski definition) is 1. The summed E-state index contributed by atoms with van der Waals surface area (Å²) in [6.45, 7) is -33.1. The Balaban J connectivity index is 2.04. The number of rotatable bonds is 5. The van der Waals surface area contributed by atoms with Gasteiger partial charge in [-0.05, 0) is 18.2 Å². The molecule has 0 radical (unpaired) electrons. The summed E-state index contributed by atoms with van der Waals surface area (Å²) in [7, 11) is 0. The fraction of sp³-hybridized carbons (Fsp3) is 0.381. The monoisotopic (exact) mass is 403 g/mol. The van der Waals surface area contributed by atoms with Gasteiger partial charge >= 0.3 is 0 Å². The van der Waals surface area contributed by atoms with Gasteiger partial charge in [-0.3, -0.25) is 4.90 Å². The van der Waals surface area contributed by atoms with Gasteiger partial charge in [-0.2, -0.15) is 0 Å². The van der Waals surface area contributed by atoms with Gasteiger partial charge in [-0.25, -0.2) is 4.99 Å². The van der Waals surface area contributed by atoms with Crippen LogP contribution in [0.5, 0.6) is 0 Å². The molecule has 0 spiro atoms. The van der Waals surface area contributed by atoms with Gasteiger partial charge in [0.05, 0.1) is 44.6 Å². The molecule has 0 amide bonds. The van der Waals surface area contributed by atoms with Crippen LogP contribution in [-0.2, 0) is 4.74 Å². The number of piperazine rings is 1. The summed E-state index contributed by atoms with van der Waals surface area (Å²) in [6, 6.07) is 2.65. The molecule has 2 heterocycles. The van der Waals surface area contributed by atoms with Crippen LogP contribution < -0.4 is 0 Å². The largest absolute Gasteiger partial charge is 0.394 e. The molecule has 1 N–H and O–H groups in total. The number of benzene rings is 2. The van der Waals surface area contributed by atoms with Gasteiger partial charge in [0.15, 0.2) is 0 Å². The molecule has 27 heavy (non-hydrogen) atoms. The van der Waals surface area contributed by atoms with E-state index < -0.39 is 92.6 Å². The van der Waals surface area contributed by atoms with Crippen LogP contribution in [0.4, 0.5) is 5.69 Å². The lowest BCUT2D eigenvalue weighted by atomic mass is 10.1. The summed E-state index contributed by atoms with van der Waals surface area (Å²) in [5.41, 5.74) is -0.707. The third kappa shape index (κ3) is 4.35. The molecule has 0 aliphatic carbocycles. The molecule has 2 aromatic rings. The molecule has 4 rings (SSSR count). The summed E-state index contributed by atoms with van der Waals surface area (Å²) in [5, 5.41) is 9.47. The third-order valence-corrected chi connectivity index (χ3v) is 4.32. The standard InChI is InChI=1S/C21H25N3O2S/c25-14-16-26-15-13-23-9-11-24(12-10-23)21-17-5-1-3-7-19(17)27-20-8-4-2-6-18(20)22-21/h1-8,25H,9-16H2/i1D,3D,5D,7D,9D2,10D2,11D2,12D2,13D2,14D2,15D2,16D2. The van der Waals surface area contributed by atoms with Crippen molar-refractivity contribution in [3.05, 3.63) is 54.0 Å². The molecule has 2 aliphatic heterocycles. The minimum absolute atomic E-state index is 0.0590. The van der Waals surface area contributed by atoms with Crippen molar-refractivity contribution in [1.29, 1.82) is 0 Å². The van der Waals surface area contributed by atoms with Crippen molar-refractivity contribution < 1.29 is 37.3 Å². The summed E-state index contributed by atoms with van der Waals surface area (Å²) < 4.78 is 170. The minimum atomic E-state index is -4.39. The number of para-hydroxylation sites is 1. The lowest BCUT2D eigenvalue weighted by Crippen LogP contribution is -2.49. The number of ether oxygens (including phenoxy) is 1. The van der Waals surface area contributed by atoms with Crippen LogP contribution in [0.1, 0.15) is 33.0 Å². The van der Waals surface area contributed by atoms with Crippen LogP contribution >= 0.6 is 11.8 Å². The van der Waals surface area contributed by atoms with E-state index in [9.17, 15) is 5.11 Å². The highest BCUT2D eigenvalue weighted by Crippen LogP contribution is 2.40. The molecule has 2 aromatic carbocycles. The second-order valence-corrected chi connectivity index (χ2v) is 5.91. The Morgan fingerprint density at radius 1 is 1.15 bits per heavy atom. The average molecular weight is 404 g/mol. The maximum atomic E-state index is 9.47. The Morgan fingerprint density at radius 2 is 1.96 bits per heavy atom. The molecule has 0 atom stereocenters. The van der Waals surface area contributed by atoms with E-state index >= 15 is 0 Å². The van der Waals surface area contributed by atoms with Crippen molar-refractivity contribution in [3.63, 3.8) is 0 Å². The Labute approximate surface area is 192 Å². The summed E-state index contributed by atoms with van der Waals surface area (Å²) in [6.07, 6.45) is 0. The zero-order valence-corrected chi connectivity index (χ0v) is 14.2. The maximum Gasteiger partial charge on any atom is 0.137 e. The van der Waals surface area contributed by atoms with E-state index in [1.54, 1.807) is 0 Å². The van der Waals surface area contributed by atoms with Crippen LogP contribution in [0.2, 0.25) is 0 Å². The van der Waals surface area contributed by atoms with Crippen molar-refractivity contribution in [2.75, 3.05) is 52.2 Å². The summed E-state index contributed by atoms with van der Waals surface area (Å²) >= 11 is 0.743. The van der Waals surface area contributed by atoms with E-state index in [-0.39, 0.29) is 20.4 Å². The van der Waals surface area contributed by atoms with Crippen molar-refractivity contribution in [1.82, 2.24) is 9.80 Å². The predicted octanol–water partition coefficient (Wildman–Crippen LogP) is 2.86. The van der Waals surface area contributed by atoms with Crippen molar-refractivity contribution >= 4 is 23.3 Å². The van der Waals surface area contributed by atoms with Crippen molar-refractivity contribution in [3.8, 4) is 0 Å². The van der Waals surface area contributed by atoms with E-state index in [1.807, 2.05) is 0 Å². The highest BCUT2D eigenvalue weighted by molar-refractivity contribution is 7.99. The van der Waals surface area contributed by atoms with Gasteiger partial charge < -0.3 is 14.7 Å². The van der Waals surface area contributed by atoms with Crippen LogP contribution in [0.25, 0.3) is 0 Å². The maximum absolute atomic E-state index is 9.47. The second kappa shape index (κ2) is 8.89. The fourth-order valence-corrected chi connectivity index (χ4v) is 3.08. The van der Waals surface area contributed by atoms with Crippen LogP contribution in [0.15, 0.2) is 63.2 Å². The zero-order chi connectivity index (χ0) is 36.3. The summed E-state index contributed by atoms with van der Waals surface area (Å²) in [5.74, 6) is -1.02. The van der Waals surface area contributed by atoms with Crippen molar-refractivity contribution in [2.24, 2.45) is 4.99 Å². The number of nitrogens with zero attached hydrogens (tertiary/aromatic N) is 3. The molecule has 0 aromatic heterocycles. The number of aliphatic imine (C=N–C) groups is 1. The minimum Gasteiger partial charge on any atom is -0.394 e. The lowest BCUT2D eigenvalue weighted by molar-refractivity contribution is 0.0652. The fourth-order valence-electron chi connectivity index (χ4n) is 2.15. The topological polar surface area (TPSA) is 48.3 Å². The predicted molar refractivity (Wildman–Crippen MR) is 109 cm³/mol. The van der Waals surface area contributed by atoms with Crippen LogP contribution in [0.3, 0.4) is 0 Å². The molecule has 2 aliphatic rings. The Kier molecular flexibility index (Phi) is 2.08. The van der Waals surface area contributed by atoms with Crippen molar-refractivity contribution in [2.45, 2.75) is 9.79 Å². The molecule has 0 bridgehead atoms. The van der Waals surface area contributed by atoms with E-state index in [0.29, 0.717) is 0 Å². The molecule has 142 valence electrons. The third-order valence-electron chi connectivity index (χ3n) is 3.24. The molecule has 0 unspecified atom stereocenters. The number of aliphatic hydroxyl groups is 1. The summed E-state index contributed by atoms with van der Waals surface area (Å²) in [4.78, 5) is 3.14. The Morgan fingerprint density at radius 3 is 2.81 bits per heavy atom. The molecule has 1 saturated heterocycles. The highest BCUT2D eigenvalue weighted by Gasteiger charge is 2.24. The molecule has 6 heteroatoms. The first-order valence-electron chi connectivity index (χ1n) is 17.4. The van der Waals surface area contributed by atoms with Crippen LogP contribution in [-0.4, -0.2) is 72.9 Å². The van der Waals surface area contributed by atoms with Crippen LogP contribution in [0, 0.1) is 0 Å². The van der Waals surface area contributed by atoms with E-state index in [1.165, 1.54) is 24.3 Å². The van der Waals surface area contributed by atoms with E-state index in [2.05, 4.69) is 9.73 Å². The van der Waals surface area contributed by atoms with Gasteiger partial charge in [0.2, 0.25) is 0 Å². The van der Waals surface area contributed by atoms with Gasteiger partial charge in [-0.1, -0.05) is 42.0 Å². The van der Waals surface area contributed by atoms with Gasteiger partial charge in [0.1, 0.15) is 5.84 Å². The van der Waals surface area contributed by atoms with Gasteiger partial charge in [0, 0.05) is 56.1 Å². The Hall–Kier alpha value is -1.86. The molecular formula is C21H25N3O2S. The van der Waals surface area contributed by atoms with Gasteiger partial charge in [0.25, 0.3) is 0 Å². The smallest absolute Gasteiger partial charge is 0.137 e. The van der Waals surface area contributed by atoms with E-state index in [4.69, 9.17) is 27.4 Å². The number of hydrogen-bond acceptors (Lipinski definition) is 6. The lowest BCUT2D eigenvalue weighted by Gasteiger charge is -2.36. The quantitative estimate of drug-likeness (QED) is 0.832. The highest BCUT2D eigenvalue weighted by atomic mass is 32.2. The average Bonchev–Trinajstić information content (AvgIpc) is 3.05. The van der Waals surface area contributed by atoms with E-state index in [0.717, 1.165) is 11.8 Å². The normalized spacial score (nSPS) is 37.5. The number of fused-ring (bicyclic) bond motifs is 2. The zero-order valence-electron chi connectivity index (χ0n) is 33.4. The molecule has 1 fully saturated rings. The first kappa shape index (κ1) is 6.32. The number of amidine groups is 1.